The molecule has 0 radical (unpaired) electrons. The molecule has 1 heterocycles. The number of aliphatic carboxylic acids is 1. The van der Waals surface area contributed by atoms with Gasteiger partial charge in [-0.25, -0.2) is 4.79 Å². The Bertz CT molecular complexity index is 560. The van der Waals surface area contributed by atoms with Crippen LogP contribution in [0, 0.1) is 0 Å². The Morgan fingerprint density at radius 2 is 1.82 bits per heavy atom. The maximum Gasteiger partial charge on any atom is 0.332 e. The summed E-state index contributed by atoms with van der Waals surface area (Å²) in [4.78, 5) is 34.7. The van der Waals surface area contributed by atoms with Gasteiger partial charge in [0.15, 0.2) is 6.10 Å². The lowest BCUT2D eigenvalue weighted by molar-refractivity contribution is -0.152. The molecule has 0 spiro atoms. The monoisotopic (exact) mass is 306 g/mol. The number of carbonyl (C=O) groups is 3. The van der Waals surface area contributed by atoms with Gasteiger partial charge in [0, 0.05) is 5.69 Å². The van der Waals surface area contributed by atoms with Crippen molar-refractivity contribution < 1.29 is 24.2 Å². The number of carbonyl (C=O) groups excluding carboxylic acids is 2. The maximum absolute atomic E-state index is 12.0. The molecule has 0 bridgehead atoms. The molecule has 1 aliphatic rings. The highest BCUT2D eigenvalue weighted by Gasteiger charge is 2.35. The van der Waals surface area contributed by atoms with Crippen molar-refractivity contribution in [1.82, 2.24) is 5.32 Å². The van der Waals surface area contributed by atoms with E-state index in [0.717, 1.165) is 0 Å². The van der Waals surface area contributed by atoms with Gasteiger partial charge >= 0.3 is 5.97 Å². The second-order valence-corrected chi connectivity index (χ2v) is 5.11. The molecule has 2 amide bonds. The van der Waals surface area contributed by atoms with Crippen LogP contribution in [-0.2, 0) is 19.1 Å². The highest BCUT2D eigenvalue weighted by atomic mass is 16.5. The number of amides is 2. The first-order chi connectivity index (χ1) is 10.5. The number of nitrogens with one attached hydrogen (secondary N) is 2. The molecule has 3 atom stereocenters. The van der Waals surface area contributed by atoms with E-state index < -0.39 is 30.1 Å². The minimum atomic E-state index is -1.08. The summed E-state index contributed by atoms with van der Waals surface area (Å²) in [6.45, 7) is 1.56. The van der Waals surface area contributed by atoms with Crippen LogP contribution in [0.1, 0.15) is 19.8 Å². The van der Waals surface area contributed by atoms with E-state index in [9.17, 15) is 14.4 Å². The average Bonchev–Trinajstić information content (AvgIpc) is 2.98. The van der Waals surface area contributed by atoms with Crippen LogP contribution in [0.15, 0.2) is 30.3 Å². The fourth-order valence-corrected chi connectivity index (χ4v) is 2.16. The molecule has 1 unspecified atom stereocenters. The summed E-state index contributed by atoms with van der Waals surface area (Å²) in [7, 11) is 0. The molecule has 1 saturated heterocycles. The molecule has 1 aromatic carbocycles. The topological polar surface area (TPSA) is 105 Å². The number of hydrogen-bond acceptors (Lipinski definition) is 4. The summed E-state index contributed by atoms with van der Waals surface area (Å²) in [6.07, 6.45) is -1.16. The molecule has 7 heteroatoms. The zero-order valence-corrected chi connectivity index (χ0v) is 12.1. The number of carboxylic acid groups (broad SMARTS) is 1. The molecule has 3 N–H and O–H groups in total. The quantitative estimate of drug-likeness (QED) is 0.745. The predicted octanol–water partition coefficient (Wildman–Crippen LogP) is 0.762. The fraction of sp³-hybridized carbons (Fsp3) is 0.400. The largest absolute Gasteiger partial charge is 0.479 e. The Morgan fingerprint density at radius 3 is 2.41 bits per heavy atom. The fourth-order valence-electron chi connectivity index (χ4n) is 2.16. The van der Waals surface area contributed by atoms with E-state index in [0.29, 0.717) is 12.1 Å². The van der Waals surface area contributed by atoms with E-state index >= 15 is 0 Å². The zero-order chi connectivity index (χ0) is 16.1. The molecular weight excluding hydrogens is 288 g/mol. The van der Waals surface area contributed by atoms with Gasteiger partial charge in [-0.1, -0.05) is 18.2 Å². The molecule has 1 aliphatic heterocycles. The standard InChI is InChI=1S/C15H18N2O5/c1-9(13(18)17-10-5-3-2-4-6-10)16-14(19)11-7-8-12(22-11)15(20)21/h2-6,9,11-12H,7-8H2,1H3,(H,16,19)(H,17,18)(H,20,21)/t9?,11-,12+/m0/s1. The minimum Gasteiger partial charge on any atom is -0.479 e. The predicted molar refractivity (Wildman–Crippen MR) is 78.2 cm³/mol. The van der Waals surface area contributed by atoms with Gasteiger partial charge in [-0.05, 0) is 31.9 Å². The lowest BCUT2D eigenvalue weighted by Gasteiger charge is -2.17. The van der Waals surface area contributed by atoms with Gasteiger partial charge in [0.2, 0.25) is 11.8 Å². The number of benzene rings is 1. The van der Waals surface area contributed by atoms with Crippen molar-refractivity contribution in [3.05, 3.63) is 30.3 Å². The van der Waals surface area contributed by atoms with Crippen molar-refractivity contribution in [3.8, 4) is 0 Å². The smallest absolute Gasteiger partial charge is 0.332 e. The molecule has 1 fully saturated rings. The third-order valence-electron chi connectivity index (χ3n) is 3.38. The first-order valence-corrected chi connectivity index (χ1v) is 7.02. The van der Waals surface area contributed by atoms with Crippen LogP contribution in [0.5, 0.6) is 0 Å². The summed E-state index contributed by atoms with van der Waals surface area (Å²) in [5.41, 5.74) is 0.636. The molecule has 2 rings (SSSR count). The Labute approximate surface area is 127 Å². The summed E-state index contributed by atoms with van der Waals surface area (Å²) in [5.74, 6) is -1.91. The van der Waals surface area contributed by atoms with Gasteiger partial charge in [-0.15, -0.1) is 0 Å². The van der Waals surface area contributed by atoms with Crippen LogP contribution in [0.25, 0.3) is 0 Å². The first-order valence-electron chi connectivity index (χ1n) is 7.02. The van der Waals surface area contributed by atoms with Crippen LogP contribution in [0.2, 0.25) is 0 Å². The van der Waals surface area contributed by atoms with Crippen LogP contribution < -0.4 is 10.6 Å². The average molecular weight is 306 g/mol. The van der Waals surface area contributed by atoms with Gasteiger partial charge < -0.3 is 20.5 Å². The summed E-state index contributed by atoms with van der Waals surface area (Å²) in [5, 5.41) is 14.0. The molecule has 22 heavy (non-hydrogen) atoms. The third-order valence-corrected chi connectivity index (χ3v) is 3.38. The Balaban J connectivity index is 1.83. The van der Waals surface area contributed by atoms with Crippen molar-refractivity contribution in [1.29, 1.82) is 0 Å². The Morgan fingerprint density at radius 1 is 1.18 bits per heavy atom. The number of rotatable bonds is 5. The number of para-hydroxylation sites is 1. The summed E-state index contributed by atoms with van der Waals surface area (Å²) >= 11 is 0. The molecule has 118 valence electrons. The van der Waals surface area contributed by atoms with Gasteiger partial charge in [-0.2, -0.15) is 0 Å². The normalized spacial score (nSPS) is 21.9. The van der Waals surface area contributed by atoms with Crippen LogP contribution >= 0.6 is 0 Å². The van der Waals surface area contributed by atoms with Crippen LogP contribution in [0.3, 0.4) is 0 Å². The second kappa shape index (κ2) is 7.04. The lowest BCUT2D eigenvalue weighted by atomic mass is 10.2. The summed E-state index contributed by atoms with van der Waals surface area (Å²) in [6, 6.07) is 8.14. The highest BCUT2D eigenvalue weighted by Crippen LogP contribution is 2.20. The van der Waals surface area contributed by atoms with E-state index in [1.807, 2.05) is 6.07 Å². The summed E-state index contributed by atoms with van der Waals surface area (Å²) < 4.78 is 5.14. The molecule has 0 aliphatic carbocycles. The molecule has 0 aromatic heterocycles. The van der Waals surface area contributed by atoms with Crippen LogP contribution in [-0.4, -0.2) is 41.1 Å². The van der Waals surface area contributed by atoms with Gasteiger partial charge in [0.25, 0.3) is 0 Å². The zero-order valence-electron chi connectivity index (χ0n) is 12.1. The van der Waals surface area contributed by atoms with E-state index in [1.54, 1.807) is 31.2 Å². The molecule has 0 saturated carbocycles. The van der Waals surface area contributed by atoms with Gasteiger partial charge in [0.1, 0.15) is 12.1 Å². The van der Waals surface area contributed by atoms with Crippen molar-refractivity contribution in [2.24, 2.45) is 0 Å². The second-order valence-electron chi connectivity index (χ2n) is 5.11. The van der Waals surface area contributed by atoms with E-state index in [4.69, 9.17) is 9.84 Å². The van der Waals surface area contributed by atoms with E-state index in [-0.39, 0.29) is 12.3 Å². The number of carboxylic acids is 1. The lowest BCUT2D eigenvalue weighted by Crippen LogP contribution is -2.46. The SMILES string of the molecule is CC(NC(=O)[C@@H]1CC[C@H](C(=O)O)O1)C(=O)Nc1ccccc1. The van der Waals surface area contributed by atoms with Gasteiger partial charge in [-0.3, -0.25) is 9.59 Å². The van der Waals surface area contributed by atoms with Gasteiger partial charge in [0.05, 0.1) is 0 Å². The Hall–Kier alpha value is -2.41. The minimum absolute atomic E-state index is 0.290. The van der Waals surface area contributed by atoms with Crippen LogP contribution in [0.4, 0.5) is 5.69 Å². The van der Waals surface area contributed by atoms with Crippen molar-refractivity contribution in [3.63, 3.8) is 0 Å². The maximum atomic E-state index is 12.0. The number of ether oxygens (including phenoxy) is 1. The Kier molecular flexibility index (Phi) is 5.11. The number of hydrogen-bond donors (Lipinski definition) is 3. The highest BCUT2D eigenvalue weighted by molar-refractivity contribution is 5.97. The van der Waals surface area contributed by atoms with Crippen molar-refractivity contribution in [2.75, 3.05) is 5.32 Å². The molecule has 7 nitrogen and oxygen atoms in total. The molecule has 1 aromatic rings. The molecular formula is C15H18N2O5. The van der Waals surface area contributed by atoms with Crippen molar-refractivity contribution in [2.45, 2.75) is 38.0 Å². The number of anilines is 1. The first kappa shape index (κ1) is 16.0. The van der Waals surface area contributed by atoms with E-state index in [1.165, 1.54) is 0 Å². The van der Waals surface area contributed by atoms with E-state index in [2.05, 4.69) is 10.6 Å². The third kappa shape index (κ3) is 4.05. The van der Waals surface area contributed by atoms with Crippen molar-refractivity contribution >= 4 is 23.5 Å².